The van der Waals surface area contributed by atoms with Gasteiger partial charge >= 0.3 is 0 Å². The molecule has 0 aliphatic rings. The lowest BCUT2D eigenvalue weighted by molar-refractivity contribution is 0.580. The number of nitrogens with zero attached hydrogens (tertiary/aromatic N) is 3. The fourth-order valence-corrected chi connectivity index (χ4v) is 3.06. The number of alkyl halides is 1. The molecular formula is C15H22ClN3S. The van der Waals surface area contributed by atoms with Crippen molar-refractivity contribution < 1.29 is 0 Å². The number of fused-ring (bicyclic) bond motifs is 1. The second kappa shape index (κ2) is 7.89. The lowest BCUT2D eigenvalue weighted by Gasteiger charge is -2.07. The molecule has 2 aromatic rings. The standard InChI is InChI=1S/C15H22ClN3S/c1-12-9-13-15(17-11-12)19(14(10-16)18-13)7-5-3-4-6-8-20-2/h9,11H,3-8,10H2,1-2H3. The molecule has 0 aliphatic heterocycles. The summed E-state index contributed by atoms with van der Waals surface area (Å²) >= 11 is 7.93. The molecule has 2 rings (SSSR count). The van der Waals surface area contributed by atoms with Crippen molar-refractivity contribution in [1.29, 1.82) is 0 Å². The Morgan fingerprint density at radius 3 is 2.80 bits per heavy atom. The highest BCUT2D eigenvalue weighted by molar-refractivity contribution is 7.98. The number of hydrogen-bond acceptors (Lipinski definition) is 3. The molecule has 0 saturated heterocycles. The number of aromatic nitrogens is 3. The molecule has 0 unspecified atom stereocenters. The molecule has 0 radical (unpaired) electrons. The third-order valence-corrected chi connectivity index (χ3v) is 4.34. The van der Waals surface area contributed by atoms with Crippen molar-refractivity contribution >= 4 is 34.5 Å². The van der Waals surface area contributed by atoms with E-state index in [1.807, 2.05) is 24.9 Å². The number of thioether (sulfide) groups is 1. The number of hydrogen-bond donors (Lipinski definition) is 0. The lowest BCUT2D eigenvalue weighted by Crippen LogP contribution is -2.03. The van der Waals surface area contributed by atoms with Crippen molar-refractivity contribution in [3.05, 3.63) is 23.7 Å². The van der Waals surface area contributed by atoms with Gasteiger partial charge < -0.3 is 4.57 Å². The van der Waals surface area contributed by atoms with Gasteiger partial charge in [-0.05, 0) is 43.4 Å². The van der Waals surface area contributed by atoms with Gasteiger partial charge in [0.2, 0.25) is 0 Å². The van der Waals surface area contributed by atoms with Gasteiger partial charge in [0.25, 0.3) is 0 Å². The summed E-state index contributed by atoms with van der Waals surface area (Å²) in [6, 6.07) is 2.08. The van der Waals surface area contributed by atoms with Gasteiger partial charge in [-0.15, -0.1) is 11.6 Å². The first-order chi connectivity index (χ1) is 9.76. The van der Waals surface area contributed by atoms with Crippen LogP contribution in [0.5, 0.6) is 0 Å². The first-order valence-electron chi connectivity index (χ1n) is 7.13. The molecule has 2 heterocycles. The largest absolute Gasteiger partial charge is 0.312 e. The smallest absolute Gasteiger partial charge is 0.160 e. The Bertz CT molecular complexity index is 553. The fraction of sp³-hybridized carbons (Fsp3) is 0.600. The summed E-state index contributed by atoms with van der Waals surface area (Å²) in [5.41, 5.74) is 3.07. The second-order valence-electron chi connectivity index (χ2n) is 5.08. The molecule has 0 aromatic carbocycles. The van der Waals surface area contributed by atoms with E-state index in [9.17, 15) is 0 Å². The summed E-state index contributed by atoms with van der Waals surface area (Å²) < 4.78 is 2.18. The van der Waals surface area contributed by atoms with Gasteiger partial charge in [0.1, 0.15) is 11.3 Å². The maximum absolute atomic E-state index is 6.01. The minimum atomic E-state index is 0.446. The first-order valence-corrected chi connectivity index (χ1v) is 9.05. The Morgan fingerprint density at radius 2 is 2.05 bits per heavy atom. The molecule has 0 atom stereocenters. The van der Waals surface area contributed by atoms with E-state index >= 15 is 0 Å². The van der Waals surface area contributed by atoms with Gasteiger partial charge in [-0.2, -0.15) is 11.8 Å². The zero-order valence-corrected chi connectivity index (χ0v) is 13.8. The summed E-state index contributed by atoms with van der Waals surface area (Å²) in [4.78, 5) is 9.10. The minimum Gasteiger partial charge on any atom is -0.312 e. The Hall–Kier alpha value is -0.740. The van der Waals surface area contributed by atoms with Crippen molar-refractivity contribution in [2.75, 3.05) is 12.0 Å². The Kier molecular flexibility index (Phi) is 6.17. The number of unbranched alkanes of at least 4 members (excludes halogenated alkanes) is 3. The number of imidazole rings is 1. The molecule has 0 spiro atoms. The zero-order valence-electron chi connectivity index (χ0n) is 12.2. The highest BCUT2D eigenvalue weighted by Gasteiger charge is 2.10. The molecule has 5 heteroatoms. The summed E-state index contributed by atoms with van der Waals surface area (Å²) in [5.74, 6) is 2.65. The average Bonchev–Trinajstić information content (AvgIpc) is 2.79. The van der Waals surface area contributed by atoms with Crippen LogP contribution < -0.4 is 0 Å². The third-order valence-electron chi connectivity index (χ3n) is 3.40. The van der Waals surface area contributed by atoms with E-state index in [-0.39, 0.29) is 0 Å². The van der Waals surface area contributed by atoms with Gasteiger partial charge in [-0.25, -0.2) is 9.97 Å². The van der Waals surface area contributed by atoms with Crippen LogP contribution in [0.4, 0.5) is 0 Å². The minimum absolute atomic E-state index is 0.446. The number of halogens is 1. The van der Waals surface area contributed by atoms with Crippen LogP contribution in [0, 0.1) is 6.92 Å². The molecule has 110 valence electrons. The molecular weight excluding hydrogens is 290 g/mol. The molecule has 0 aliphatic carbocycles. The summed E-state index contributed by atoms with van der Waals surface area (Å²) in [7, 11) is 0. The second-order valence-corrected chi connectivity index (χ2v) is 6.33. The normalized spacial score (nSPS) is 11.3. The summed E-state index contributed by atoms with van der Waals surface area (Å²) in [5, 5.41) is 0. The maximum atomic E-state index is 6.01. The van der Waals surface area contributed by atoms with Crippen LogP contribution in [-0.4, -0.2) is 26.5 Å². The molecule has 0 N–H and O–H groups in total. The van der Waals surface area contributed by atoms with Crippen molar-refractivity contribution in [3.8, 4) is 0 Å². The first kappa shape index (κ1) is 15.6. The van der Waals surface area contributed by atoms with Gasteiger partial charge in [0.05, 0.1) is 5.88 Å². The van der Waals surface area contributed by atoms with E-state index in [0.29, 0.717) is 5.88 Å². The van der Waals surface area contributed by atoms with E-state index in [4.69, 9.17) is 11.6 Å². The predicted octanol–water partition coefficient (Wildman–Crippen LogP) is 4.40. The molecule has 3 nitrogen and oxygen atoms in total. The number of rotatable bonds is 8. The molecule has 0 saturated carbocycles. The average molecular weight is 312 g/mol. The van der Waals surface area contributed by atoms with Crippen LogP contribution in [0.3, 0.4) is 0 Å². The van der Waals surface area contributed by atoms with Crippen molar-refractivity contribution in [1.82, 2.24) is 14.5 Å². The molecule has 0 bridgehead atoms. The van der Waals surface area contributed by atoms with E-state index in [2.05, 4.69) is 26.9 Å². The number of aryl methyl sites for hydroxylation is 2. The highest BCUT2D eigenvalue weighted by atomic mass is 35.5. The predicted molar refractivity (Wildman–Crippen MR) is 88.7 cm³/mol. The van der Waals surface area contributed by atoms with Crippen molar-refractivity contribution in [3.63, 3.8) is 0 Å². The quantitative estimate of drug-likeness (QED) is 0.534. The fourth-order valence-electron chi connectivity index (χ4n) is 2.37. The van der Waals surface area contributed by atoms with E-state index in [1.165, 1.54) is 31.4 Å². The van der Waals surface area contributed by atoms with Crippen LogP contribution in [0.15, 0.2) is 12.3 Å². The third kappa shape index (κ3) is 3.89. The summed E-state index contributed by atoms with van der Waals surface area (Å²) in [6.07, 6.45) is 9.10. The monoisotopic (exact) mass is 311 g/mol. The summed E-state index contributed by atoms with van der Waals surface area (Å²) in [6.45, 7) is 3.01. The van der Waals surface area contributed by atoms with Crippen LogP contribution in [0.2, 0.25) is 0 Å². The van der Waals surface area contributed by atoms with Crippen molar-refractivity contribution in [2.45, 2.75) is 45.0 Å². The Balaban J connectivity index is 2.01. The van der Waals surface area contributed by atoms with Gasteiger partial charge in [0, 0.05) is 12.7 Å². The van der Waals surface area contributed by atoms with Crippen LogP contribution >= 0.6 is 23.4 Å². The van der Waals surface area contributed by atoms with Crippen LogP contribution in [0.25, 0.3) is 11.2 Å². The van der Waals surface area contributed by atoms with Gasteiger partial charge in [-0.1, -0.05) is 12.8 Å². The van der Waals surface area contributed by atoms with E-state index < -0.39 is 0 Å². The molecule has 20 heavy (non-hydrogen) atoms. The maximum Gasteiger partial charge on any atom is 0.160 e. The molecule has 0 amide bonds. The zero-order chi connectivity index (χ0) is 14.4. The van der Waals surface area contributed by atoms with E-state index in [0.717, 1.165) is 29.1 Å². The van der Waals surface area contributed by atoms with Crippen LogP contribution in [0.1, 0.15) is 37.1 Å². The molecule has 2 aromatic heterocycles. The van der Waals surface area contributed by atoms with E-state index in [1.54, 1.807) is 0 Å². The van der Waals surface area contributed by atoms with Crippen LogP contribution in [-0.2, 0) is 12.4 Å². The number of pyridine rings is 1. The Labute approximate surface area is 130 Å². The van der Waals surface area contributed by atoms with Gasteiger partial charge in [-0.3, -0.25) is 0 Å². The topological polar surface area (TPSA) is 30.7 Å². The van der Waals surface area contributed by atoms with Crippen molar-refractivity contribution in [2.24, 2.45) is 0 Å². The molecule has 0 fully saturated rings. The SMILES string of the molecule is CSCCCCCCn1c(CCl)nc2cc(C)cnc21. The Morgan fingerprint density at radius 1 is 1.25 bits per heavy atom. The highest BCUT2D eigenvalue weighted by Crippen LogP contribution is 2.18. The van der Waals surface area contributed by atoms with Gasteiger partial charge in [0.15, 0.2) is 5.65 Å². The lowest BCUT2D eigenvalue weighted by atomic mass is 10.2.